The molecule has 1 nitrogen and oxygen atoms in total. The van der Waals surface area contributed by atoms with Crippen molar-refractivity contribution >= 4 is 12.4 Å². The Labute approximate surface area is 80.7 Å². The fraction of sp³-hybridized carbons (Fsp3) is 0.417. The van der Waals surface area contributed by atoms with Gasteiger partial charge in [-0.15, -0.1) is 0 Å². The Morgan fingerprint density at radius 2 is 1.85 bits per heavy atom. The van der Waals surface area contributed by atoms with Crippen LogP contribution in [0.1, 0.15) is 25.3 Å². The average Bonchev–Trinajstić information content (AvgIpc) is 2.15. The lowest BCUT2D eigenvalue weighted by Gasteiger charge is -1.99. The number of aryl methyl sites for hydroxylation is 1. The lowest BCUT2D eigenvalue weighted by Crippen LogP contribution is -1.92. The molecule has 0 aliphatic carbocycles. The number of hydrogen-bond donors (Lipinski definition) is 0. The van der Waals surface area contributed by atoms with Crippen LogP contribution in [0, 0.1) is 0 Å². The minimum Gasteiger partial charge on any atom is -0.208 e. The molecule has 1 aromatic carbocycles. The topological polar surface area (TPSA) is 3.01 Å². The molecule has 1 heteroatoms. The highest BCUT2D eigenvalue weighted by atomic mass is 14.9. The molecule has 70 valence electrons. The Morgan fingerprint density at radius 3 is 2.31 bits per heavy atom. The zero-order valence-electron chi connectivity index (χ0n) is 8.59. The molecule has 0 aliphatic rings. The van der Waals surface area contributed by atoms with Gasteiger partial charge in [-0.1, -0.05) is 25.5 Å². The Morgan fingerprint density at radius 1 is 1.23 bits per heavy atom. The van der Waals surface area contributed by atoms with Gasteiger partial charge < -0.3 is 0 Å². The molecule has 0 N–H and O–H groups in total. The first-order valence-corrected chi connectivity index (χ1v) is 4.87. The molecule has 1 rings (SSSR count). The standard InChI is InChI=1S/C12H18N/c1-4-5-6-11-7-9-12(10-8-11)13(2)3/h7-10H,2,4-6H2,1,3H3/q+1. The van der Waals surface area contributed by atoms with Gasteiger partial charge in [0.15, 0.2) is 0 Å². The Balaban J connectivity index is 2.64. The number of unbranched alkanes of at least 4 members (excludes halogenated alkanes) is 1. The van der Waals surface area contributed by atoms with Gasteiger partial charge >= 0.3 is 0 Å². The summed E-state index contributed by atoms with van der Waals surface area (Å²) >= 11 is 0. The number of hydrogen-bond acceptors (Lipinski definition) is 0. The van der Waals surface area contributed by atoms with Crippen molar-refractivity contribution in [2.75, 3.05) is 7.05 Å². The lowest BCUT2D eigenvalue weighted by molar-refractivity contribution is -0.394. The average molecular weight is 176 g/mol. The first kappa shape index (κ1) is 9.97. The quantitative estimate of drug-likeness (QED) is 0.490. The maximum atomic E-state index is 3.83. The minimum absolute atomic E-state index is 1.17. The van der Waals surface area contributed by atoms with E-state index in [0.717, 1.165) is 0 Å². The van der Waals surface area contributed by atoms with Crippen molar-refractivity contribution in [2.24, 2.45) is 0 Å². The van der Waals surface area contributed by atoms with Gasteiger partial charge in [-0.3, -0.25) is 0 Å². The second-order valence-electron chi connectivity index (χ2n) is 3.47. The molecule has 0 spiro atoms. The molecule has 0 radical (unpaired) electrons. The van der Waals surface area contributed by atoms with Crippen molar-refractivity contribution in [3.8, 4) is 0 Å². The molecular weight excluding hydrogens is 158 g/mol. The molecule has 0 saturated carbocycles. The fourth-order valence-electron chi connectivity index (χ4n) is 1.30. The third kappa shape index (κ3) is 3.02. The first-order chi connectivity index (χ1) is 6.24. The zero-order valence-corrected chi connectivity index (χ0v) is 8.59. The van der Waals surface area contributed by atoms with Crippen molar-refractivity contribution in [1.82, 2.24) is 0 Å². The highest BCUT2D eigenvalue weighted by molar-refractivity contribution is 5.35. The van der Waals surface area contributed by atoms with E-state index in [1.165, 1.54) is 30.5 Å². The van der Waals surface area contributed by atoms with Crippen molar-refractivity contribution in [2.45, 2.75) is 26.2 Å². The smallest absolute Gasteiger partial charge is 0.204 e. The largest absolute Gasteiger partial charge is 0.208 e. The second kappa shape index (κ2) is 4.80. The molecule has 0 amide bonds. The van der Waals surface area contributed by atoms with E-state index in [-0.39, 0.29) is 0 Å². The van der Waals surface area contributed by atoms with Crippen LogP contribution in [0.4, 0.5) is 5.69 Å². The van der Waals surface area contributed by atoms with E-state index in [2.05, 4.69) is 37.9 Å². The molecule has 1 aromatic rings. The van der Waals surface area contributed by atoms with E-state index in [9.17, 15) is 0 Å². The number of rotatable bonds is 4. The minimum atomic E-state index is 1.17. The van der Waals surface area contributed by atoms with E-state index in [1.54, 1.807) is 0 Å². The van der Waals surface area contributed by atoms with E-state index in [4.69, 9.17) is 0 Å². The molecular formula is C12H18N+. The molecule has 13 heavy (non-hydrogen) atoms. The van der Waals surface area contributed by atoms with Gasteiger partial charge in [0.05, 0.1) is 0 Å². The van der Waals surface area contributed by atoms with Gasteiger partial charge in [-0.05, 0) is 18.4 Å². The highest BCUT2D eigenvalue weighted by Gasteiger charge is 1.99. The van der Waals surface area contributed by atoms with E-state index in [1.807, 2.05) is 11.6 Å². The fourth-order valence-corrected chi connectivity index (χ4v) is 1.30. The normalized spacial score (nSPS) is 10.0. The maximum Gasteiger partial charge on any atom is 0.204 e. The van der Waals surface area contributed by atoms with Crippen molar-refractivity contribution in [3.63, 3.8) is 0 Å². The third-order valence-electron chi connectivity index (χ3n) is 2.20. The van der Waals surface area contributed by atoms with Gasteiger partial charge in [-0.2, -0.15) is 0 Å². The Bertz CT molecular complexity index is 272. The predicted molar refractivity (Wildman–Crippen MR) is 58.0 cm³/mol. The van der Waals surface area contributed by atoms with Crippen LogP contribution >= 0.6 is 0 Å². The van der Waals surface area contributed by atoms with Gasteiger partial charge in [-0.25, -0.2) is 4.58 Å². The van der Waals surface area contributed by atoms with Crippen LogP contribution in [0.15, 0.2) is 24.3 Å². The van der Waals surface area contributed by atoms with E-state index < -0.39 is 0 Å². The first-order valence-electron chi connectivity index (χ1n) is 4.87. The number of nitrogens with zero attached hydrogens (tertiary/aromatic N) is 1. The Kier molecular flexibility index (Phi) is 3.69. The van der Waals surface area contributed by atoms with E-state index in [0.29, 0.717) is 0 Å². The van der Waals surface area contributed by atoms with Crippen LogP contribution in [0.25, 0.3) is 0 Å². The van der Waals surface area contributed by atoms with Crippen LogP contribution in [-0.2, 0) is 6.42 Å². The predicted octanol–water partition coefficient (Wildman–Crippen LogP) is 3.00. The molecule has 0 unspecified atom stereocenters. The Hall–Kier alpha value is -1.11. The van der Waals surface area contributed by atoms with Gasteiger partial charge in [0.25, 0.3) is 0 Å². The molecule has 0 heterocycles. The lowest BCUT2D eigenvalue weighted by atomic mass is 10.1. The van der Waals surface area contributed by atoms with Crippen molar-refractivity contribution in [3.05, 3.63) is 29.8 Å². The SMILES string of the molecule is C=[N+](C)c1ccc(CCCC)cc1. The third-order valence-corrected chi connectivity index (χ3v) is 2.20. The number of benzene rings is 1. The monoisotopic (exact) mass is 176 g/mol. The molecule has 0 aliphatic heterocycles. The molecule has 0 saturated heterocycles. The molecule has 0 fully saturated rings. The van der Waals surface area contributed by atoms with Gasteiger partial charge in [0.1, 0.15) is 13.8 Å². The summed E-state index contributed by atoms with van der Waals surface area (Å²) in [6, 6.07) is 8.62. The summed E-state index contributed by atoms with van der Waals surface area (Å²) in [6.45, 7) is 6.05. The van der Waals surface area contributed by atoms with Crippen molar-refractivity contribution < 1.29 is 4.58 Å². The molecule has 0 bridgehead atoms. The van der Waals surface area contributed by atoms with Gasteiger partial charge in [0.2, 0.25) is 5.69 Å². The van der Waals surface area contributed by atoms with Crippen LogP contribution in [-0.4, -0.2) is 18.3 Å². The summed E-state index contributed by atoms with van der Waals surface area (Å²) in [5, 5.41) is 0. The van der Waals surface area contributed by atoms with Gasteiger partial charge in [0, 0.05) is 12.1 Å². The van der Waals surface area contributed by atoms with Crippen LogP contribution in [0.5, 0.6) is 0 Å². The molecule has 0 atom stereocenters. The maximum absolute atomic E-state index is 3.83. The summed E-state index contributed by atoms with van der Waals surface area (Å²) in [7, 11) is 1.96. The van der Waals surface area contributed by atoms with Crippen LogP contribution < -0.4 is 0 Å². The summed E-state index contributed by atoms with van der Waals surface area (Å²) < 4.78 is 1.88. The van der Waals surface area contributed by atoms with Crippen LogP contribution in [0.2, 0.25) is 0 Å². The van der Waals surface area contributed by atoms with Crippen LogP contribution in [0.3, 0.4) is 0 Å². The van der Waals surface area contributed by atoms with Crippen molar-refractivity contribution in [1.29, 1.82) is 0 Å². The van der Waals surface area contributed by atoms with E-state index >= 15 is 0 Å². The molecule has 0 aromatic heterocycles. The zero-order chi connectivity index (χ0) is 9.68. The highest BCUT2D eigenvalue weighted by Crippen LogP contribution is 2.12. The second-order valence-corrected chi connectivity index (χ2v) is 3.47. The summed E-state index contributed by atoms with van der Waals surface area (Å²) in [5.74, 6) is 0. The summed E-state index contributed by atoms with van der Waals surface area (Å²) in [5.41, 5.74) is 2.59. The summed E-state index contributed by atoms with van der Waals surface area (Å²) in [6.07, 6.45) is 3.73. The summed E-state index contributed by atoms with van der Waals surface area (Å²) in [4.78, 5) is 0.